The van der Waals surface area contributed by atoms with Gasteiger partial charge in [0.2, 0.25) is 0 Å². The third-order valence-corrected chi connectivity index (χ3v) is 1.82. The summed E-state index contributed by atoms with van der Waals surface area (Å²) in [7, 11) is 0. The molecular weight excluding hydrogens is 183 g/mol. The Hall–Kier alpha value is -0.0965. The second-order valence-corrected chi connectivity index (χ2v) is 3.97. The summed E-state index contributed by atoms with van der Waals surface area (Å²) in [6.45, 7) is 6.31. The molecule has 2 heteroatoms. The molecule has 1 aliphatic carbocycles. The molecular formula is C9H14NiO. The summed E-state index contributed by atoms with van der Waals surface area (Å²) in [5.74, 6) is 0.286. The Morgan fingerprint density at radius 1 is 1.36 bits per heavy atom. The molecule has 0 aromatic carbocycles. The maximum Gasteiger partial charge on any atom is 0.156 e. The first-order valence-electron chi connectivity index (χ1n) is 3.70. The topological polar surface area (TPSA) is 17.1 Å². The molecule has 0 amide bonds. The van der Waals surface area contributed by atoms with E-state index in [0.717, 1.165) is 6.42 Å². The Kier molecular flexibility index (Phi) is 3.50. The summed E-state index contributed by atoms with van der Waals surface area (Å²) in [6, 6.07) is 0. The van der Waals surface area contributed by atoms with Gasteiger partial charge in [-0.15, -0.1) is 0 Å². The SMILES string of the molecule is CC1=CC(=O)CC(C)(C)C1.[Ni]. The van der Waals surface area contributed by atoms with Crippen LogP contribution in [0, 0.1) is 5.41 Å². The fourth-order valence-corrected chi connectivity index (χ4v) is 1.67. The van der Waals surface area contributed by atoms with Gasteiger partial charge in [0.25, 0.3) is 0 Å². The van der Waals surface area contributed by atoms with Crippen LogP contribution in [0.3, 0.4) is 0 Å². The third kappa shape index (κ3) is 3.20. The molecule has 0 unspecified atom stereocenters. The molecule has 0 atom stereocenters. The molecule has 1 aliphatic rings. The van der Waals surface area contributed by atoms with Crippen LogP contribution in [0.25, 0.3) is 0 Å². The molecule has 0 saturated carbocycles. The Balaban J connectivity index is 0.000001000. The quantitative estimate of drug-likeness (QED) is 0.544. The largest absolute Gasteiger partial charge is 0.295 e. The fourth-order valence-electron chi connectivity index (χ4n) is 1.67. The van der Waals surface area contributed by atoms with E-state index in [9.17, 15) is 4.79 Å². The Morgan fingerprint density at radius 3 is 2.27 bits per heavy atom. The number of ketones is 1. The standard InChI is InChI=1S/C9H14O.Ni/c1-7-4-8(10)6-9(2,3)5-7;/h4H,5-6H2,1-3H3;. The zero-order valence-corrected chi connectivity index (χ0v) is 8.20. The summed E-state index contributed by atoms with van der Waals surface area (Å²) in [6.07, 6.45) is 3.55. The van der Waals surface area contributed by atoms with E-state index in [1.807, 2.05) is 6.92 Å². The van der Waals surface area contributed by atoms with Gasteiger partial charge in [-0.2, -0.15) is 0 Å². The number of hydrogen-bond donors (Lipinski definition) is 0. The van der Waals surface area contributed by atoms with E-state index in [1.54, 1.807) is 6.08 Å². The van der Waals surface area contributed by atoms with E-state index in [-0.39, 0.29) is 27.7 Å². The van der Waals surface area contributed by atoms with Gasteiger partial charge in [-0.25, -0.2) is 0 Å². The predicted octanol–water partition coefficient (Wildman–Crippen LogP) is 2.32. The van der Waals surface area contributed by atoms with Gasteiger partial charge in [-0.1, -0.05) is 19.4 Å². The zero-order chi connectivity index (χ0) is 7.78. The molecule has 1 nitrogen and oxygen atoms in total. The second kappa shape index (κ2) is 3.53. The average molecular weight is 197 g/mol. The van der Waals surface area contributed by atoms with Crippen molar-refractivity contribution in [3.05, 3.63) is 11.6 Å². The third-order valence-electron chi connectivity index (χ3n) is 1.82. The van der Waals surface area contributed by atoms with Gasteiger partial charge < -0.3 is 0 Å². The molecule has 0 aliphatic heterocycles. The number of carbonyl (C=O) groups is 1. The van der Waals surface area contributed by atoms with Crippen LogP contribution in [0.2, 0.25) is 0 Å². The average Bonchev–Trinajstić information content (AvgIpc) is 1.54. The van der Waals surface area contributed by atoms with E-state index in [1.165, 1.54) is 5.57 Å². The van der Waals surface area contributed by atoms with Crippen molar-refractivity contribution in [3.63, 3.8) is 0 Å². The minimum atomic E-state index is 0. The van der Waals surface area contributed by atoms with Gasteiger partial charge >= 0.3 is 0 Å². The normalized spacial score (nSPS) is 22.1. The molecule has 0 aromatic rings. The monoisotopic (exact) mass is 196 g/mol. The first-order valence-corrected chi connectivity index (χ1v) is 3.70. The van der Waals surface area contributed by atoms with Crippen LogP contribution in [-0.2, 0) is 21.3 Å². The molecule has 0 radical (unpaired) electrons. The molecule has 0 spiro atoms. The van der Waals surface area contributed by atoms with E-state index in [4.69, 9.17) is 0 Å². The van der Waals surface area contributed by atoms with Crippen molar-refractivity contribution in [2.45, 2.75) is 33.6 Å². The Bertz CT molecular complexity index is 192. The van der Waals surface area contributed by atoms with Crippen LogP contribution >= 0.6 is 0 Å². The first kappa shape index (κ1) is 10.9. The van der Waals surface area contributed by atoms with Gasteiger partial charge in [0, 0.05) is 22.9 Å². The van der Waals surface area contributed by atoms with Crippen molar-refractivity contribution in [2.24, 2.45) is 5.41 Å². The van der Waals surface area contributed by atoms with Crippen molar-refractivity contribution in [3.8, 4) is 0 Å². The summed E-state index contributed by atoms with van der Waals surface area (Å²) in [5.41, 5.74) is 1.43. The van der Waals surface area contributed by atoms with E-state index in [0.29, 0.717) is 6.42 Å². The molecule has 0 N–H and O–H groups in total. The number of allylic oxidation sites excluding steroid dienone is 2. The van der Waals surface area contributed by atoms with Crippen molar-refractivity contribution in [1.82, 2.24) is 0 Å². The predicted molar refractivity (Wildman–Crippen MR) is 41.8 cm³/mol. The summed E-state index contributed by atoms with van der Waals surface area (Å²) in [5, 5.41) is 0. The summed E-state index contributed by atoms with van der Waals surface area (Å²) in [4.78, 5) is 11.0. The van der Waals surface area contributed by atoms with Gasteiger partial charge in [0.05, 0.1) is 0 Å². The second-order valence-electron chi connectivity index (χ2n) is 3.97. The van der Waals surface area contributed by atoms with Crippen LogP contribution in [0.1, 0.15) is 33.6 Å². The number of rotatable bonds is 0. The first-order chi connectivity index (χ1) is 4.49. The van der Waals surface area contributed by atoms with Gasteiger partial charge in [0.15, 0.2) is 5.78 Å². The molecule has 0 heterocycles. The smallest absolute Gasteiger partial charge is 0.156 e. The van der Waals surface area contributed by atoms with E-state index in [2.05, 4.69) is 13.8 Å². The number of carbonyl (C=O) groups excluding carboxylic acids is 1. The summed E-state index contributed by atoms with van der Waals surface area (Å²) >= 11 is 0. The molecule has 11 heavy (non-hydrogen) atoms. The van der Waals surface area contributed by atoms with Crippen LogP contribution in [-0.4, -0.2) is 5.78 Å². The van der Waals surface area contributed by atoms with E-state index >= 15 is 0 Å². The van der Waals surface area contributed by atoms with Gasteiger partial charge in [-0.05, 0) is 24.8 Å². The molecule has 66 valence electrons. The number of hydrogen-bond acceptors (Lipinski definition) is 1. The van der Waals surface area contributed by atoms with Gasteiger partial charge in [0.1, 0.15) is 0 Å². The maximum atomic E-state index is 11.0. The van der Waals surface area contributed by atoms with Gasteiger partial charge in [-0.3, -0.25) is 4.79 Å². The minimum absolute atomic E-state index is 0. The van der Waals surface area contributed by atoms with Crippen molar-refractivity contribution in [1.29, 1.82) is 0 Å². The van der Waals surface area contributed by atoms with Crippen LogP contribution in [0.15, 0.2) is 11.6 Å². The van der Waals surface area contributed by atoms with E-state index < -0.39 is 0 Å². The van der Waals surface area contributed by atoms with Crippen LogP contribution < -0.4 is 0 Å². The summed E-state index contributed by atoms with van der Waals surface area (Å²) < 4.78 is 0. The fraction of sp³-hybridized carbons (Fsp3) is 0.667. The van der Waals surface area contributed by atoms with Crippen molar-refractivity contribution in [2.75, 3.05) is 0 Å². The molecule has 0 bridgehead atoms. The zero-order valence-electron chi connectivity index (χ0n) is 7.22. The molecule has 0 aromatic heterocycles. The van der Waals surface area contributed by atoms with Crippen molar-refractivity contribution >= 4 is 5.78 Å². The Morgan fingerprint density at radius 2 is 1.91 bits per heavy atom. The minimum Gasteiger partial charge on any atom is -0.295 e. The van der Waals surface area contributed by atoms with Crippen LogP contribution in [0.4, 0.5) is 0 Å². The molecule has 0 saturated heterocycles. The maximum absolute atomic E-state index is 11.0. The molecule has 0 fully saturated rings. The van der Waals surface area contributed by atoms with Crippen LogP contribution in [0.5, 0.6) is 0 Å². The Labute approximate surface area is 78.2 Å². The molecule has 1 rings (SSSR count). The van der Waals surface area contributed by atoms with Crippen molar-refractivity contribution < 1.29 is 21.3 Å².